The average Bonchev–Trinajstić information content (AvgIpc) is 3.00. The van der Waals surface area contributed by atoms with Crippen molar-refractivity contribution in [3.8, 4) is 57.1 Å². The van der Waals surface area contributed by atoms with Gasteiger partial charge in [0.2, 0.25) is 0 Å². The van der Waals surface area contributed by atoms with Crippen LogP contribution in [0.1, 0.15) is 0 Å². The number of benzene rings is 6. The van der Waals surface area contributed by atoms with Crippen molar-refractivity contribution in [1.82, 2.24) is 0 Å². The van der Waals surface area contributed by atoms with Crippen LogP contribution in [0.3, 0.4) is 0 Å². The van der Waals surface area contributed by atoms with E-state index in [9.17, 15) is 0 Å². The van der Waals surface area contributed by atoms with Gasteiger partial charge in [-0.05, 0) is 96.1 Å². The molecule has 6 aromatic rings. The minimum absolute atomic E-state index is 0.705. The van der Waals surface area contributed by atoms with Gasteiger partial charge in [0.25, 0.3) is 0 Å². The van der Waals surface area contributed by atoms with E-state index in [1.807, 2.05) is 152 Å². The van der Waals surface area contributed by atoms with Gasteiger partial charge in [0.05, 0.1) is 0 Å². The Bertz CT molecular complexity index is 1660. The van der Waals surface area contributed by atoms with Gasteiger partial charge in [-0.2, -0.15) is 0 Å². The Labute approximate surface area is 233 Å². The molecule has 0 fully saturated rings. The molecule has 0 bridgehead atoms. The van der Waals surface area contributed by atoms with Crippen LogP contribution < -0.4 is 18.9 Å². The Kier molecular flexibility index (Phi) is 7.40. The van der Waals surface area contributed by atoms with Crippen molar-refractivity contribution in [2.45, 2.75) is 0 Å². The molecule has 0 saturated carbocycles. The summed E-state index contributed by atoms with van der Waals surface area (Å²) in [5.74, 6) is 5.99. The van der Waals surface area contributed by atoms with Gasteiger partial charge in [-0.25, -0.2) is 0 Å². The summed E-state index contributed by atoms with van der Waals surface area (Å²) in [6.45, 7) is 0. The molecule has 0 saturated heterocycles. The summed E-state index contributed by atoms with van der Waals surface area (Å²) in [6, 6.07) is 50.6. The lowest BCUT2D eigenvalue weighted by Crippen LogP contribution is -1.88. The molecule has 0 aromatic heterocycles. The molecule has 0 unspecified atom stereocenters. The molecule has 0 radical (unpaired) electrons. The van der Waals surface area contributed by atoms with Gasteiger partial charge in [-0.1, -0.05) is 66.7 Å². The third-order valence-corrected chi connectivity index (χ3v) is 6.08. The Morgan fingerprint density at radius 1 is 0.225 bits per heavy atom. The molecule has 0 heterocycles. The molecule has 4 heteroatoms. The van der Waals surface area contributed by atoms with Gasteiger partial charge in [-0.15, -0.1) is 0 Å². The zero-order chi connectivity index (χ0) is 27.0. The van der Waals surface area contributed by atoms with Crippen molar-refractivity contribution in [2.75, 3.05) is 0 Å². The number of hydrogen-bond acceptors (Lipinski definition) is 4. The smallest absolute Gasteiger partial charge is 0.131 e. The lowest BCUT2D eigenvalue weighted by molar-refractivity contribution is 0.460. The summed E-state index contributed by atoms with van der Waals surface area (Å²) in [6.07, 6.45) is 0. The van der Waals surface area contributed by atoms with Crippen LogP contribution in [0.25, 0.3) is 11.1 Å². The van der Waals surface area contributed by atoms with E-state index < -0.39 is 0 Å². The van der Waals surface area contributed by atoms with E-state index in [4.69, 9.17) is 18.9 Å². The fourth-order valence-electron chi connectivity index (χ4n) is 4.15. The van der Waals surface area contributed by atoms with Crippen LogP contribution in [-0.4, -0.2) is 0 Å². The number of rotatable bonds is 9. The molecule has 0 N–H and O–H groups in total. The first kappa shape index (κ1) is 24.8. The molecule has 6 aromatic carbocycles. The van der Waals surface area contributed by atoms with Crippen molar-refractivity contribution in [3.63, 3.8) is 0 Å². The maximum Gasteiger partial charge on any atom is 0.131 e. The molecule has 0 atom stereocenters. The Morgan fingerprint density at radius 2 is 0.575 bits per heavy atom. The second kappa shape index (κ2) is 11.9. The fraction of sp³-hybridized carbons (Fsp3) is 0. The monoisotopic (exact) mass is 522 g/mol. The third kappa shape index (κ3) is 6.50. The highest BCUT2D eigenvalue weighted by Crippen LogP contribution is 2.32. The number of ether oxygens (including phenoxy) is 4. The average molecular weight is 523 g/mol. The van der Waals surface area contributed by atoms with E-state index in [0.29, 0.717) is 5.75 Å². The summed E-state index contributed by atoms with van der Waals surface area (Å²) in [5, 5.41) is 0. The van der Waals surface area contributed by atoms with Crippen LogP contribution in [0.15, 0.2) is 158 Å². The summed E-state index contributed by atoms with van der Waals surface area (Å²) in [4.78, 5) is 0. The molecule has 0 aliphatic heterocycles. The summed E-state index contributed by atoms with van der Waals surface area (Å²) in [5.41, 5.74) is 2.11. The molecule has 6 rings (SSSR count). The van der Waals surface area contributed by atoms with Gasteiger partial charge in [0.1, 0.15) is 46.0 Å². The first-order valence-corrected chi connectivity index (χ1v) is 13.0. The molecule has 40 heavy (non-hydrogen) atoms. The second-order valence-corrected chi connectivity index (χ2v) is 9.03. The Morgan fingerprint density at radius 3 is 1.07 bits per heavy atom. The highest BCUT2D eigenvalue weighted by atomic mass is 16.5. The van der Waals surface area contributed by atoms with E-state index in [2.05, 4.69) is 6.07 Å². The zero-order valence-electron chi connectivity index (χ0n) is 21.6. The van der Waals surface area contributed by atoms with Crippen LogP contribution in [-0.2, 0) is 0 Å². The quantitative estimate of drug-likeness (QED) is 0.189. The van der Waals surface area contributed by atoms with Gasteiger partial charge >= 0.3 is 0 Å². The van der Waals surface area contributed by atoms with Crippen molar-refractivity contribution in [2.24, 2.45) is 0 Å². The predicted molar refractivity (Wildman–Crippen MR) is 158 cm³/mol. The van der Waals surface area contributed by atoms with Crippen molar-refractivity contribution < 1.29 is 18.9 Å². The van der Waals surface area contributed by atoms with Crippen LogP contribution in [0.2, 0.25) is 0 Å². The van der Waals surface area contributed by atoms with E-state index in [0.717, 1.165) is 51.4 Å². The third-order valence-electron chi connectivity index (χ3n) is 6.08. The minimum Gasteiger partial charge on any atom is -0.457 e. The summed E-state index contributed by atoms with van der Waals surface area (Å²) in [7, 11) is 0. The van der Waals surface area contributed by atoms with Gasteiger partial charge in [-0.3, -0.25) is 0 Å². The predicted octanol–water partition coefficient (Wildman–Crippen LogP) is 10.5. The maximum atomic E-state index is 6.11. The largest absolute Gasteiger partial charge is 0.457 e. The standard InChI is InChI=1S/C36H26O4/c1-3-10-29(11-4-1)37-32-21-23-33(24-22-32)39-34-14-7-9-28(25-34)27-17-19-31(20-18-27)40-36-16-8-15-35(26-36)38-30-12-5-2-6-13-30/h1-26H. The molecular weight excluding hydrogens is 496 g/mol. The maximum absolute atomic E-state index is 6.11. The Balaban J connectivity index is 1.09. The summed E-state index contributed by atoms with van der Waals surface area (Å²) < 4.78 is 24.0. The Hall–Kier alpha value is -5.48. The lowest BCUT2D eigenvalue weighted by Gasteiger charge is -2.11. The second-order valence-electron chi connectivity index (χ2n) is 9.03. The van der Waals surface area contributed by atoms with Gasteiger partial charge in [0, 0.05) is 6.07 Å². The number of para-hydroxylation sites is 2. The van der Waals surface area contributed by atoms with Crippen molar-refractivity contribution in [3.05, 3.63) is 158 Å². The topological polar surface area (TPSA) is 36.9 Å². The van der Waals surface area contributed by atoms with Crippen LogP contribution in [0.4, 0.5) is 0 Å². The van der Waals surface area contributed by atoms with Crippen LogP contribution in [0.5, 0.6) is 46.0 Å². The fourth-order valence-corrected chi connectivity index (χ4v) is 4.15. The first-order chi connectivity index (χ1) is 19.8. The van der Waals surface area contributed by atoms with Gasteiger partial charge in [0.15, 0.2) is 0 Å². The van der Waals surface area contributed by atoms with E-state index in [-0.39, 0.29) is 0 Å². The van der Waals surface area contributed by atoms with E-state index in [1.54, 1.807) is 0 Å². The van der Waals surface area contributed by atoms with Crippen LogP contribution in [0, 0.1) is 0 Å². The molecule has 4 nitrogen and oxygen atoms in total. The van der Waals surface area contributed by atoms with E-state index >= 15 is 0 Å². The van der Waals surface area contributed by atoms with Crippen molar-refractivity contribution >= 4 is 0 Å². The molecule has 0 aliphatic carbocycles. The molecular formula is C36H26O4. The molecule has 194 valence electrons. The molecule has 0 aliphatic rings. The molecule has 0 amide bonds. The van der Waals surface area contributed by atoms with Gasteiger partial charge < -0.3 is 18.9 Å². The SMILES string of the molecule is c1ccc(Oc2ccc(Oc3cccc(-c4ccc(Oc5cccc(Oc6ccccc6)c5)cc4)c3)cc2)cc1. The highest BCUT2D eigenvalue weighted by molar-refractivity contribution is 5.66. The zero-order valence-corrected chi connectivity index (χ0v) is 21.6. The first-order valence-electron chi connectivity index (χ1n) is 13.0. The van der Waals surface area contributed by atoms with E-state index in [1.165, 1.54) is 0 Å². The minimum atomic E-state index is 0.705. The summed E-state index contributed by atoms with van der Waals surface area (Å²) >= 11 is 0. The molecule has 0 spiro atoms. The highest BCUT2D eigenvalue weighted by Gasteiger charge is 2.06. The lowest BCUT2D eigenvalue weighted by atomic mass is 10.1. The van der Waals surface area contributed by atoms with Crippen molar-refractivity contribution in [1.29, 1.82) is 0 Å². The normalized spacial score (nSPS) is 10.5. The number of hydrogen-bond donors (Lipinski definition) is 0. The van der Waals surface area contributed by atoms with Crippen LogP contribution >= 0.6 is 0 Å².